The molecular formula is C10H18F3N3O2. The Hall–Kier alpha value is -0.860. The molecule has 0 spiro atoms. The van der Waals surface area contributed by atoms with E-state index in [4.69, 9.17) is 10.5 Å². The summed E-state index contributed by atoms with van der Waals surface area (Å²) in [5, 5.41) is 0. The summed E-state index contributed by atoms with van der Waals surface area (Å²) in [7, 11) is 1.38. The van der Waals surface area contributed by atoms with Crippen molar-refractivity contribution in [2.45, 2.75) is 12.3 Å². The van der Waals surface area contributed by atoms with Crippen LogP contribution in [0.1, 0.15) is 0 Å². The highest BCUT2D eigenvalue weighted by Gasteiger charge is 2.33. The van der Waals surface area contributed by atoms with E-state index in [1.807, 2.05) is 0 Å². The zero-order valence-corrected chi connectivity index (χ0v) is 10.2. The molecular weight excluding hydrogens is 251 g/mol. The summed E-state index contributed by atoms with van der Waals surface area (Å²) in [6.07, 6.45) is -4.91. The van der Waals surface area contributed by atoms with E-state index in [1.54, 1.807) is 0 Å². The van der Waals surface area contributed by atoms with Gasteiger partial charge in [-0.2, -0.15) is 13.2 Å². The van der Waals surface area contributed by atoms with Crippen LogP contribution in [0.3, 0.4) is 0 Å². The van der Waals surface area contributed by atoms with Crippen LogP contribution < -0.4 is 5.73 Å². The number of carbonyl (C=O) groups is 1. The molecule has 1 fully saturated rings. The highest BCUT2D eigenvalue weighted by Crippen LogP contribution is 2.17. The lowest BCUT2D eigenvalue weighted by atomic mass is 10.2. The number of piperazine rings is 1. The first kappa shape index (κ1) is 15.2. The first-order valence-corrected chi connectivity index (χ1v) is 5.68. The standard InChI is InChI=1S/C10H18F3N3O2/c1-18-8(6-14)9(17)16-4-2-15(3-5-16)7-10(11,12)13/h8H,2-7,14H2,1H3. The molecule has 1 heterocycles. The molecule has 1 saturated heterocycles. The molecule has 0 bridgehead atoms. The van der Waals surface area contributed by atoms with Crippen molar-refractivity contribution in [1.82, 2.24) is 9.80 Å². The van der Waals surface area contributed by atoms with Crippen molar-refractivity contribution in [2.24, 2.45) is 5.73 Å². The molecule has 0 radical (unpaired) electrons. The zero-order valence-electron chi connectivity index (χ0n) is 10.2. The minimum absolute atomic E-state index is 0.0676. The molecule has 1 amide bonds. The van der Waals surface area contributed by atoms with Crippen LogP contribution in [0.5, 0.6) is 0 Å². The van der Waals surface area contributed by atoms with Crippen molar-refractivity contribution in [2.75, 3.05) is 46.4 Å². The van der Waals surface area contributed by atoms with Gasteiger partial charge in [-0.15, -0.1) is 0 Å². The van der Waals surface area contributed by atoms with E-state index >= 15 is 0 Å². The number of ether oxygens (including phenoxy) is 1. The average Bonchev–Trinajstić information content (AvgIpc) is 2.29. The number of hydrogen-bond acceptors (Lipinski definition) is 4. The summed E-state index contributed by atoms with van der Waals surface area (Å²) in [6, 6.07) is 0. The van der Waals surface area contributed by atoms with Crippen LogP contribution in [0.2, 0.25) is 0 Å². The number of carbonyl (C=O) groups excluding carboxylic acids is 1. The Balaban J connectivity index is 2.41. The second kappa shape index (κ2) is 6.35. The number of alkyl halides is 3. The fraction of sp³-hybridized carbons (Fsp3) is 0.900. The highest BCUT2D eigenvalue weighted by molar-refractivity contribution is 5.81. The van der Waals surface area contributed by atoms with Crippen LogP contribution in [-0.2, 0) is 9.53 Å². The van der Waals surface area contributed by atoms with E-state index < -0.39 is 18.8 Å². The molecule has 1 unspecified atom stereocenters. The van der Waals surface area contributed by atoms with E-state index in [0.29, 0.717) is 0 Å². The number of methoxy groups -OCH3 is 1. The zero-order chi connectivity index (χ0) is 13.8. The maximum Gasteiger partial charge on any atom is 0.401 e. The molecule has 106 valence electrons. The third-order valence-electron chi connectivity index (χ3n) is 2.86. The lowest BCUT2D eigenvalue weighted by molar-refractivity contribution is -0.154. The van der Waals surface area contributed by atoms with Crippen LogP contribution in [0.25, 0.3) is 0 Å². The van der Waals surface area contributed by atoms with E-state index in [2.05, 4.69) is 0 Å². The molecule has 0 aromatic carbocycles. The molecule has 1 atom stereocenters. The lowest BCUT2D eigenvalue weighted by Gasteiger charge is -2.36. The van der Waals surface area contributed by atoms with Crippen LogP contribution >= 0.6 is 0 Å². The molecule has 8 heteroatoms. The number of nitrogens with two attached hydrogens (primary N) is 1. The minimum atomic E-state index is -4.20. The van der Waals surface area contributed by atoms with Crippen LogP contribution in [-0.4, -0.2) is 74.4 Å². The van der Waals surface area contributed by atoms with Gasteiger partial charge in [0.2, 0.25) is 0 Å². The first-order valence-electron chi connectivity index (χ1n) is 5.68. The summed E-state index contributed by atoms with van der Waals surface area (Å²) >= 11 is 0. The van der Waals surface area contributed by atoms with E-state index in [9.17, 15) is 18.0 Å². The van der Waals surface area contributed by atoms with Gasteiger partial charge in [-0.1, -0.05) is 0 Å². The topological polar surface area (TPSA) is 58.8 Å². The van der Waals surface area contributed by atoms with Gasteiger partial charge in [-0.25, -0.2) is 0 Å². The molecule has 2 N–H and O–H groups in total. The molecule has 1 rings (SSSR count). The van der Waals surface area contributed by atoms with Gasteiger partial charge < -0.3 is 15.4 Å². The van der Waals surface area contributed by atoms with E-state index in [0.717, 1.165) is 0 Å². The number of rotatable bonds is 4. The molecule has 1 aliphatic rings. The number of halogens is 3. The van der Waals surface area contributed by atoms with Crippen LogP contribution in [0, 0.1) is 0 Å². The second-order valence-electron chi connectivity index (χ2n) is 4.18. The summed E-state index contributed by atoms with van der Waals surface area (Å²) in [5.74, 6) is -0.258. The smallest absolute Gasteiger partial charge is 0.370 e. The van der Waals surface area contributed by atoms with Gasteiger partial charge in [0.05, 0.1) is 6.54 Å². The summed E-state index contributed by atoms with van der Waals surface area (Å²) in [4.78, 5) is 14.6. The van der Waals surface area contributed by atoms with Gasteiger partial charge >= 0.3 is 6.18 Å². The van der Waals surface area contributed by atoms with Gasteiger partial charge in [0.15, 0.2) is 0 Å². The predicted octanol–water partition coefficient (Wildman–Crippen LogP) is -0.333. The predicted molar refractivity (Wildman–Crippen MR) is 58.9 cm³/mol. The van der Waals surface area contributed by atoms with Gasteiger partial charge in [0, 0.05) is 39.8 Å². The van der Waals surface area contributed by atoms with E-state index in [-0.39, 0.29) is 38.6 Å². The first-order chi connectivity index (χ1) is 8.37. The van der Waals surface area contributed by atoms with Crippen molar-refractivity contribution in [3.05, 3.63) is 0 Å². The maximum absolute atomic E-state index is 12.2. The molecule has 0 aliphatic carbocycles. The van der Waals surface area contributed by atoms with Gasteiger partial charge in [-0.3, -0.25) is 9.69 Å². The summed E-state index contributed by atoms with van der Waals surface area (Å²) in [5.41, 5.74) is 5.37. The van der Waals surface area contributed by atoms with Crippen molar-refractivity contribution in [1.29, 1.82) is 0 Å². The quantitative estimate of drug-likeness (QED) is 0.759. The Bertz CT molecular complexity index is 274. The molecule has 0 aromatic rings. The Kier molecular flexibility index (Phi) is 5.36. The molecule has 18 heavy (non-hydrogen) atoms. The number of nitrogens with zero attached hydrogens (tertiary/aromatic N) is 2. The lowest BCUT2D eigenvalue weighted by Crippen LogP contribution is -2.54. The summed E-state index contributed by atoms with van der Waals surface area (Å²) in [6.45, 7) is 0.111. The Morgan fingerprint density at radius 1 is 1.33 bits per heavy atom. The van der Waals surface area contributed by atoms with Crippen LogP contribution in [0.4, 0.5) is 13.2 Å². The van der Waals surface area contributed by atoms with Crippen LogP contribution in [0.15, 0.2) is 0 Å². The normalized spacial score (nSPS) is 19.9. The maximum atomic E-state index is 12.2. The largest absolute Gasteiger partial charge is 0.401 e. The molecule has 0 saturated carbocycles. The third-order valence-corrected chi connectivity index (χ3v) is 2.86. The number of hydrogen-bond donors (Lipinski definition) is 1. The van der Waals surface area contributed by atoms with Crippen molar-refractivity contribution >= 4 is 5.91 Å². The van der Waals surface area contributed by atoms with Crippen molar-refractivity contribution < 1.29 is 22.7 Å². The fourth-order valence-electron chi connectivity index (χ4n) is 1.88. The van der Waals surface area contributed by atoms with Crippen molar-refractivity contribution in [3.63, 3.8) is 0 Å². The van der Waals surface area contributed by atoms with Gasteiger partial charge in [0.1, 0.15) is 6.10 Å². The molecule has 5 nitrogen and oxygen atoms in total. The molecule has 0 aromatic heterocycles. The average molecular weight is 269 g/mol. The SMILES string of the molecule is COC(CN)C(=O)N1CCN(CC(F)(F)F)CC1. The second-order valence-corrected chi connectivity index (χ2v) is 4.18. The minimum Gasteiger partial charge on any atom is -0.370 e. The fourth-order valence-corrected chi connectivity index (χ4v) is 1.88. The van der Waals surface area contributed by atoms with Gasteiger partial charge in [-0.05, 0) is 0 Å². The summed E-state index contributed by atoms with van der Waals surface area (Å²) < 4.78 is 41.4. The Morgan fingerprint density at radius 3 is 2.28 bits per heavy atom. The number of amides is 1. The third kappa shape index (κ3) is 4.43. The van der Waals surface area contributed by atoms with Crippen molar-refractivity contribution in [3.8, 4) is 0 Å². The monoisotopic (exact) mass is 269 g/mol. The highest BCUT2D eigenvalue weighted by atomic mass is 19.4. The Morgan fingerprint density at radius 2 is 1.89 bits per heavy atom. The molecule has 1 aliphatic heterocycles. The van der Waals surface area contributed by atoms with E-state index in [1.165, 1.54) is 16.9 Å². The van der Waals surface area contributed by atoms with Gasteiger partial charge in [0.25, 0.3) is 5.91 Å². The Labute approximate surface area is 104 Å².